The number of benzene rings is 1. The predicted molar refractivity (Wildman–Crippen MR) is 110 cm³/mol. The molecule has 1 aromatic rings. The molecule has 7 heteroatoms. The molecule has 0 radical (unpaired) electrons. The largest absolute Gasteiger partial charge is 0.496 e. The number of hydrogen-bond donors (Lipinski definition) is 2. The summed E-state index contributed by atoms with van der Waals surface area (Å²) in [5, 5.41) is 6.54. The van der Waals surface area contributed by atoms with Crippen LogP contribution >= 0.6 is 35.7 Å². The van der Waals surface area contributed by atoms with Gasteiger partial charge >= 0.3 is 0 Å². The molecular formula is C16H28IN3O2S. The number of aliphatic imine (C=N–C) groups is 1. The lowest BCUT2D eigenvalue weighted by atomic mass is 10.2. The number of rotatable bonds is 9. The minimum atomic E-state index is 0. The van der Waals surface area contributed by atoms with E-state index >= 15 is 0 Å². The maximum Gasteiger partial charge on any atom is 0.191 e. The van der Waals surface area contributed by atoms with Crippen molar-refractivity contribution in [2.45, 2.75) is 11.8 Å². The normalized spacial score (nSPS) is 12.3. The van der Waals surface area contributed by atoms with Crippen molar-refractivity contribution in [2.75, 3.05) is 46.7 Å². The van der Waals surface area contributed by atoms with Crippen LogP contribution in [0, 0.1) is 5.92 Å². The second-order valence-electron chi connectivity index (χ2n) is 4.94. The van der Waals surface area contributed by atoms with Crippen LogP contribution in [-0.2, 0) is 4.74 Å². The molecule has 5 nitrogen and oxygen atoms in total. The molecule has 1 atom stereocenters. The number of guanidine groups is 1. The molecule has 0 spiro atoms. The van der Waals surface area contributed by atoms with Crippen LogP contribution in [0.3, 0.4) is 0 Å². The van der Waals surface area contributed by atoms with E-state index in [9.17, 15) is 0 Å². The van der Waals surface area contributed by atoms with Gasteiger partial charge in [-0.25, -0.2) is 0 Å². The number of hydrogen-bond acceptors (Lipinski definition) is 4. The van der Waals surface area contributed by atoms with E-state index in [1.807, 2.05) is 30.0 Å². The Bertz CT molecular complexity index is 461. The van der Waals surface area contributed by atoms with E-state index in [4.69, 9.17) is 9.47 Å². The van der Waals surface area contributed by atoms with Gasteiger partial charge < -0.3 is 20.1 Å². The summed E-state index contributed by atoms with van der Waals surface area (Å²) in [5.74, 6) is 3.27. The van der Waals surface area contributed by atoms with E-state index in [1.54, 1.807) is 21.3 Å². The van der Waals surface area contributed by atoms with Crippen LogP contribution in [0.1, 0.15) is 6.92 Å². The highest BCUT2D eigenvalue weighted by atomic mass is 127. The fourth-order valence-electron chi connectivity index (χ4n) is 1.79. The average Bonchev–Trinajstić information content (AvgIpc) is 2.56. The Kier molecular flexibility index (Phi) is 13.3. The molecule has 1 rings (SSSR count). The van der Waals surface area contributed by atoms with Gasteiger partial charge in [-0.05, 0) is 18.1 Å². The molecule has 0 aromatic heterocycles. The van der Waals surface area contributed by atoms with Crippen LogP contribution in [0.4, 0.5) is 0 Å². The molecular weight excluding hydrogens is 425 g/mol. The highest BCUT2D eigenvalue weighted by Gasteiger charge is 2.07. The summed E-state index contributed by atoms with van der Waals surface area (Å²) >= 11 is 1.82. The highest BCUT2D eigenvalue weighted by molar-refractivity contribution is 14.0. The summed E-state index contributed by atoms with van der Waals surface area (Å²) in [4.78, 5) is 5.37. The third kappa shape index (κ3) is 9.26. The lowest BCUT2D eigenvalue weighted by molar-refractivity contribution is 0.203. The number of nitrogens with zero attached hydrogens (tertiary/aromatic N) is 1. The van der Waals surface area contributed by atoms with Gasteiger partial charge in [0.05, 0.1) is 13.7 Å². The van der Waals surface area contributed by atoms with Gasteiger partial charge in [0.2, 0.25) is 0 Å². The topological polar surface area (TPSA) is 54.9 Å². The minimum Gasteiger partial charge on any atom is -0.496 e. The van der Waals surface area contributed by atoms with Crippen molar-refractivity contribution in [2.24, 2.45) is 10.9 Å². The summed E-state index contributed by atoms with van der Waals surface area (Å²) in [6, 6.07) is 8.11. The Morgan fingerprint density at radius 3 is 2.65 bits per heavy atom. The number of thioether (sulfide) groups is 1. The first-order valence-electron chi connectivity index (χ1n) is 7.40. The van der Waals surface area contributed by atoms with Gasteiger partial charge in [0, 0.05) is 37.9 Å². The van der Waals surface area contributed by atoms with Crippen molar-refractivity contribution >= 4 is 41.7 Å². The summed E-state index contributed by atoms with van der Waals surface area (Å²) in [7, 11) is 5.17. The van der Waals surface area contributed by atoms with Gasteiger partial charge in [-0.1, -0.05) is 19.1 Å². The average molecular weight is 453 g/mol. The number of methoxy groups -OCH3 is 2. The van der Waals surface area contributed by atoms with Crippen molar-refractivity contribution in [3.8, 4) is 5.75 Å². The fourth-order valence-corrected chi connectivity index (χ4v) is 2.84. The Labute approximate surface area is 161 Å². The second-order valence-corrected chi connectivity index (χ2v) is 6.00. The van der Waals surface area contributed by atoms with Crippen LogP contribution in [0.2, 0.25) is 0 Å². The molecule has 0 aliphatic rings. The molecule has 0 saturated carbocycles. The molecule has 0 aliphatic heterocycles. The molecule has 0 fully saturated rings. The molecule has 23 heavy (non-hydrogen) atoms. The van der Waals surface area contributed by atoms with Crippen molar-refractivity contribution in [3.05, 3.63) is 24.3 Å². The zero-order valence-electron chi connectivity index (χ0n) is 14.3. The van der Waals surface area contributed by atoms with Crippen molar-refractivity contribution in [3.63, 3.8) is 0 Å². The molecule has 0 bridgehead atoms. The zero-order valence-corrected chi connectivity index (χ0v) is 17.4. The molecule has 2 N–H and O–H groups in total. The maximum atomic E-state index is 5.37. The van der Waals surface area contributed by atoms with E-state index in [2.05, 4.69) is 28.6 Å². The summed E-state index contributed by atoms with van der Waals surface area (Å²) in [5.41, 5.74) is 0. The third-order valence-corrected chi connectivity index (χ3v) is 4.42. The SMILES string of the molecule is CN=C(NCCOC)NCC(C)CSc1ccccc1OC.I. The van der Waals surface area contributed by atoms with Crippen LogP contribution in [0.15, 0.2) is 34.2 Å². The smallest absolute Gasteiger partial charge is 0.191 e. The van der Waals surface area contributed by atoms with E-state index in [0.717, 1.165) is 30.6 Å². The number of halogens is 1. The summed E-state index contributed by atoms with van der Waals surface area (Å²) in [6.07, 6.45) is 0. The first-order valence-corrected chi connectivity index (χ1v) is 8.39. The Morgan fingerprint density at radius 2 is 2.00 bits per heavy atom. The van der Waals surface area contributed by atoms with Crippen molar-refractivity contribution in [1.82, 2.24) is 10.6 Å². The summed E-state index contributed by atoms with van der Waals surface area (Å²) in [6.45, 7) is 4.51. The van der Waals surface area contributed by atoms with Gasteiger partial charge in [-0.15, -0.1) is 35.7 Å². The molecule has 0 saturated heterocycles. The Hall–Kier alpha value is -0.670. The lowest BCUT2D eigenvalue weighted by Gasteiger charge is -2.16. The zero-order chi connectivity index (χ0) is 16.2. The maximum absolute atomic E-state index is 5.37. The van der Waals surface area contributed by atoms with Crippen LogP contribution < -0.4 is 15.4 Å². The fraction of sp³-hybridized carbons (Fsp3) is 0.562. The number of nitrogens with one attached hydrogen (secondary N) is 2. The number of ether oxygens (including phenoxy) is 2. The first-order chi connectivity index (χ1) is 10.7. The third-order valence-electron chi connectivity index (χ3n) is 3.03. The molecule has 0 aliphatic carbocycles. The molecule has 0 amide bonds. The standard InChI is InChI=1S/C16H27N3O2S.HI/c1-13(11-19-16(17-2)18-9-10-20-3)12-22-15-8-6-5-7-14(15)21-4;/h5-8,13H,9-12H2,1-4H3,(H2,17,18,19);1H. The van der Waals surface area contributed by atoms with Crippen LogP contribution in [0.25, 0.3) is 0 Å². The lowest BCUT2D eigenvalue weighted by Crippen LogP contribution is -2.41. The van der Waals surface area contributed by atoms with Gasteiger partial charge in [0.1, 0.15) is 5.75 Å². The molecule has 1 aromatic carbocycles. The number of para-hydroxylation sites is 1. The van der Waals surface area contributed by atoms with Crippen molar-refractivity contribution < 1.29 is 9.47 Å². The van der Waals surface area contributed by atoms with E-state index < -0.39 is 0 Å². The molecule has 1 unspecified atom stereocenters. The van der Waals surface area contributed by atoms with E-state index in [1.165, 1.54) is 4.90 Å². The highest BCUT2D eigenvalue weighted by Crippen LogP contribution is 2.29. The second kappa shape index (κ2) is 13.7. The van der Waals surface area contributed by atoms with Crippen LogP contribution in [-0.4, -0.2) is 52.7 Å². The van der Waals surface area contributed by atoms with E-state index in [0.29, 0.717) is 12.5 Å². The van der Waals surface area contributed by atoms with Gasteiger partial charge in [-0.3, -0.25) is 4.99 Å². The quantitative estimate of drug-likeness (QED) is 0.198. The monoisotopic (exact) mass is 453 g/mol. The van der Waals surface area contributed by atoms with Crippen molar-refractivity contribution in [1.29, 1.82) is 0 Å². The molecule has 132 valence electrons. The van der Waals surface area contributed by atoms with Gasteiger partial charge in [0.15, 0.2) is 5.96 Å². The first kappa shape index (κ1) is 22.3. The van der Waals surface area contributed by atoms with Gasteiger partial charge in [0.25, 0.3) is 0 Å². The van der Waals surface area contributed by atoms with E-state index in [-0.39, 0.29) is 24.0 Å². The summed E-state index contributed by atoms with van der Waals surface area (Å²) < 4.78 is 10.4. The van der Waals surface area contributed by atoms with Crippen LogP contribution in [0.5, 0.6) is 5.75 Å². The predicted octanol–water partition coefficient (Wildman–Crippen LogP) is 2.85. The Balaban J connectivity index is 0.00000484. The minimum absolute atomic E-state index is 0. The van der Waals surface area contributed by atoms with Gasteiger partial charge in [-0.2, -0.15) is 0 Å². The molecule has 0 heterocycles. The Morgan fingerprint density at radius 1 is 1.26 bits per heavy atom.